The first-order valence-electron chi connectivity index (χ1n) is 5.01. The SMILES string of the molecule is CC1=C(C)C(=O)C(C(N=[N+]=[N-])N=[N+]=[N-])=C(C)C1=O. The molecule has 1 aliphatic rings. The second-order valence-corrected chi connectivity index (χ2v) is 3.73. The summed E-state index contributed by atoms with van der Waals surface area (Å²) in [5, 5.41) is 6.48. The molecule has 0 spiro atoms. The van der Waals surface area contributed by atoms with Crippen molar-refractivity contribution in [1.82, 2.24) is 0 Å². The Labute approximate surface area is 102 Å². The van der Waals surface area contributed by atoms with Crippen molar-refractivity contribution < 1.29 is 9.59 Å². The Morgan fingerprint density at radius 3 is 1.78 bits per heavy atom. The van der Waals surface area contributed by atoms with Crippen LogP contribution in [0.2, 0.25) is 0 Å². The fourth-order valence-electron chi connectivity index (χ4n) is 1.66. The molecule has 0 N–H and O–H groups in total. The number of Topliss-reactive ketones (excluding diaryl/α,β-unsaturated/α-hetero) is 2. The third kappa shape index (κ3) is 2.10. The summed E-state index contributed by atoms with van der Waals surface area (Å²) in [6.45, 7) is 4.50. The van der Waals surface area contributed by atoms with Gasteiger partial charge in [-0.05, 0) is 31.8 Å². The molecule has 0 aromatic heterocycles. The van der Waals surface area contributed by atoms with Crippen LogP contribution in [0.15, 0.2) is 32.5 Å². The van der Waals surface area contributed by atoms with Crippen molar-refractivity contribution in [1.29, 1.82) is 0 Å². The van der Waals surface area contributed by atoms with Crippen LogP contribution in [-0.4, -0.2) is 17.7 Å². The fourth-order valence-corrected chi connectivity index (χ4v) is 1.66. The quantitative estimate of drug-likeness (QED) is 0.328. The molecule has 0 radical (unpaired) electrons. The van der Waals surface area contributed by atoms with Gasteiger partial charge in [-0.1, -0.05) is 10.2 Å². The third-order valence-corrected chi connectivity index (χ3v) is 2.81. The van der Waals surface area contributed by atoms with Gasteiger partial charge in [0.1, 0.15) is 6.17 Å². The van der Waals surface area contributed by atoms with E-state index >= 15 is 0 Å². The molecule has 0 aromatic rings. The maximum absolute atomic E-state index is 12.0. The molecule has 0 atom stereocenters. The van der Waals surface area contributed by atoms with E-state index in [-0.39, 0.29) is 22.5 Å². The van der Waals surface area contributed by atoms with E-state index in [1.165, 1.54) is 13.8 Å². The van der Waals surface area contributed by atoms with Crippen LogP contribution in [0.5, 0.6) is 0 Å². The van der Waals surface area contributed by atoms with E-state index in [1.54, 1.807) is 6.92 Å². The van der Waals surface area contributed by atoms with E-state index in [9.17, 15) is 9.59 Å². The van der Waals surface area contributed by atoms with Gasteiger partial charge in [0.15, 0.2) is 11.6 Å². The Kier molecular flexibility index (Phi) is 3.89. The molecule has 0 heterocycles. The van der Waals surface area contributed by atoms with Crippen LogP contribution in [0, 0.1) is 0 Å². The van der Waals surface area contributed by atoms with Gasteiger partial charge in [-0.15, -0.1) is 0 Å². The van der Waals surface area contributed by atoms with Gasteiger partial charge in [-0.2, -0.15) is 0 Å². The first kappa shape index (κ1) is 13.5. The highest BCUT2D eigenvalue weighted by Crippen LogP contribution is 2.28. The number of carbonyl (C=O) groups excluding carboxylic acids is 2. The summed E-state index contributed by atoms with van der Waals surface area (Å²) in [6.07, 6.45) is -1.33. The van der Waals surface area contributed by atoms with E-state index in [1.807, 2.05) is 0 Å². The molecule has 92 valence electrons. The van der Waals surface area contributed by atoms with Crippen molar-refractivity contribution >= 4 is 11.6 Å². The van der Waals surface area contributed by atoms with Crippen molar-refractivity contribution in [2.45, 2.75) is 26.9 Å². The fraction of sp³-hybridized carbons (Fsp3) is 0.400. The van der Waals surface area contributed by atoms with Crippen molar-refractivity contribution in [2.24, 2.45) is 10.2 Å². The molecule has 0 bridgehead atoms. The lowest BCUT2D eigenvalue weighted by atomic mass is 9.85. The minimum absolute atomic E-state index is 0.0568. The second kappa shape index (κ2) is 5.18. The van der Waals surface area contributed by atoms with Crippen molar-refractivity contribution in [3.8, 4) is 0 Å². The van der Waals surface area contributed by atoms with Crippen LogP contribution in [-0.2, 0) is 9.59 Å². The lowest BCUT2D eigenvalue weighted by molar-refractivity contribution is -0.116. The Hall–Kier alpha value is -2.56. The van der Waals surface area contributed by atoms with E-state index < -0.39 is 11.9 Å². The zero-order chi connectivity index (χ0) is 13.9. The number of ketones is 2. The van der Waals surface area contributed by atoms with Gasteiger partial charge >= 0.3 is 0 Å². The minimum atomic E-state index is -1.33. The summed E-state index contributed by atoms with van der Waals surface area (Å²) in [4.78, 5) is 28.9. The maximum Gasteiger partial charge on any atom is 0.186 e. The van der Waals surface area contributed by atoms with E-state index in [2.05, 4.69) is 20.1 Å². The van der Waals surface area contributed by atoms with Crippen LogP contribution in [0.1, 0.15) is 20.8 Å². The van der Waals surface area contributed by atoms with Crippen LogP contribution in [0.3, 0.4) is 0 Å². The van der Waals surface area contributed by atoms with Crippen LogP contribution >= 0.6 is 0 Å². The summed E-state index contributed by atoms with van der Waals surface area (Å²) in [6, 6.07) is 0. The standard InChI is InChI=1S/C10H10N6O2/c1-4-5(2)9(18)7(6(3)8(4)17)10(13-15-11)14-16-12/h10H,1-3H3. The Balaban J connectivity index is 3.47. The smallest absolute Gasteiger partial charge is 0.186 e. The molecule has 0 aromatic carbocycles. The molecule has 0 saturated carbocycles. The van der Waals surface area contributed by atoms with Gasteiger partial charge in [0, 0.05) is 32.1 Å². The number of hydrogen-bond acceptors (Lipinski definition) is 4. The lowest BCUT2D eigenvalue weighted by Crippen LogP contribution is -2.26. The first-order chi connectivity index (χ1) is 8.45. The molecule has 0 fully saturated rings. The van der Waals surface area contributed by atoms with Gasteiger partial charge in [0.2, 0.25) is 0 Å². The van der Waals surface area contributed by atoms with Gasteiger partial charge in [0.05, 0.1) is 0 Å². The van der Waals surface area contributed by atoms with Crippen molar-refractivity contribution in [3.63, 3.8) is 0 Å². The predicted molar refractivity (Wildman–Crippen MR) is 63.2 cm³/mol. The second-order valence-electron chi connectivity index (χ2n) is 3.73. The predicted octanol–water partition coefficient (Wildman–Crippen LogP) is 2.74. The highest BCUT2D eigenvalue weighted by Gasteiger charge is 2.31. The van der Waals surface area contributed by atoms with E-state index in [0.717, 1.165) is 0 Å². The molecular weight excluding hydrogens is 236 g/mol. The van der Waals surface area contributed by atoms with Crippen LogP contribution in [0.4, 0.5) is 0 Å². The Morgan fingerprint density at radius 1 is 0.889 bits per heavy atom. The summed E-state index contributed by atoms with van der Waals surface area (Å²) in [5.74, 6) is -0.747. The van der Waals surface area contributed by atoms with Gasteiger partial charge in [-0.3, -0.25) is 9.59 Å². The molecule has 0 unspecified atom stereocenters. The van der Waals surface area contributed by atoms with Gasteiger partial charge < -0.3 is 0 Å². The average Bonchev–Trinajstić information content (AvgIpc) is 2.35. The summed E-state index contributed by atoms with van der Waals surface area (Å²) >= 11 is 0. The highest BCUT2D eigenvalue weighted by molar-refractivity contribution is 6.25. The number of hydrogen-bond donors (Lipinski definition) is 0. The average molecular weight is 246 g/mol. The molecule has 0 amide bonds. The first-order valence-corrected chi connectivity index (χ1v) is 5.01. The van der Waals surface area contributed by atoms with Gasteiger partial charge in [0.25, 0.3) is 0 Å². The molecule has 1 aliphatic carbocycles. The summed E-state index contributed by atoms with van der Waals surface area (Å²) in [7, 11) is 0. The zero-order valence-electron chi connectivity index (χ0n) is 10.1. The van der Waals surface area contributed by atoms with Crippen LogP contribution < -0.4 is 0 Å². The monoisotopic (exact) mass is 246 g/mol. The number of allylic oxidation sites excluding steroid dienone is 3. The third-order valence-electron chi connectivity index (χ3n) is 2.81. The van der Waals surface area contributed by atoms with Crippen molar-refractivity contribution in [3.05, 3.63) is 43.2 Å². The topological polar surface area (TPSA) is 132 Å². The number of nitrogens with zero attached hydrogens (tertiary/aromatic N) is 6. The molecule has 1 rings (SSSR count). The lowest BCUT2D eigenvalue weighted by Gasteiger charge is -2.20. The molecule has 18 heavy (non-hydrogen) atoms. The van der Waals surface area contributed by atoms with Crippen LogP contribution in [0.25, 0.3) is 20.9 Å². The summed E-state index contributed by atoms with van der Waals surface area (Å²) < 4.78 is 0. The Bertz CT molecular complexity index is 569. The normalized spacial score (nSPS) is 17.3. The largest absolute Gasteiger partial charge is 0.289 e. The molecule has 8 heteroatoms. The minimum Gasteiger partial charge on any atom is -0.289 e. The number of azide groups is 1. The molecular formula is C10H10N6O2. The van der Waals surface area contributed by atoms with Gasteiger partial charge in [-0.25, -0.2) is 0 Å². The number of carbonyl (C=O) groups is 2. The summed E-state index contributed by atoms with van der Waals surface area (Å²) in [5.41, 5.74) is 17.5. The molecule has 0 aliphatic heterocycles. The highest BCUT2D eigenvalue weighted by atomic mass is 16.1. The van der Waals surface area contributed by atoms with E-state index in [0.29, 0.717) is 5.57 Å². The maximum atomic E-state index is 12.0. The van der Waals surface area contributed by atoms with Crippen molar-refractivity contribution in [2.75, 3.05) is 0 Å². The zero-order valence-corrected chi connectivity index (χ0v) is 10.1. The van der Waals surface area contributed by atoms with E-state index in [4.69, 9.17) is 11.1 Å². The molecule has 8 nitrogen and oxygen atoms in total. The molecule has 0 saturated heterocycles. The number of rotatable bonds is 3. The Morgan fingerprint density at radius 2 is 1.33 bits per heavy atom.